The number of carbonyl (C=O) groups excluding carboxylic acids is 1. The maximum Gasteiger partial charge on any atom is 0.266 e. The molecular weight excluding hydrogens is 352 g/mol. The van der Waals surface area contributed by atoms with Gasteiger partial charge in [-0.3, -0.25) is 14.7 Å². The number of fused-ring (bicyclic) bond motifs is 1. The van der Waals surface area contributed by atoms with Crippen LogP contribution in [0.2, 0.25) is 0 Å². The summed E-state index contributed by atoms with van der Waals surface area (Å²) in [5, 5.41) is 2.77. The summed E-state index contributed by atoms with van der Waals surface area (Å²) >= 11 is 0. The van der Waals surface area contributed by atoms with Crippen molar-refractivity contribution in [2.24, 2.45) is 23.2 Å². The van der Waals surface area contributed by atoms with E-state index in [1.807, 2.05) is 25.8 Å². The number of hydrogen-bond acceptors (Lipinski definition) is 3. The first-order valence-electron chi connectivity index (χ1n) is 10.6. The lowest BCUT2D eigenvalue weighted by molar-refractivity contribution is -0.134. The van der Waals surface area contributed by atoms with Crippen LogP contribution in [0, 0.1) is 37.0 Å². The molecule has 2 aromatic heterocycles. The summed E-state index contributed by atoms with van der Waals surface area (Å²) in [6, 6.07) is 1.49. The van der Waals surface area contributed by atoms with Crippen molar-refractivity contribution < 1.29 is 4.79 Å². The third-order valence-corrected chi connectivity index (χ3v) is 7.69. The highest BCUT2D eigenvalue weighted by Crippen LogP contribution is 2.60. The number of aryl methyl sites for hydroxylation is 2. The van der Waals surface area contributed by atoms with Crippen molar-refractivity contribution in [2.45, 2.75) is 58.8 Å². The van der Waals surface area contributed by atoms with Crippen LogP contribution >= 0.6 is 0 Å². The first-order chi connectivity index (χ1) is 13.3. The number of aromatic nitrogens is 3. The highest BCUT2D eigenvalue weighted by Gasteiger charge is 2.51. The Balaban J connectivity index is 1.34. The van der Waals surface area contributed by atoms with Crippen LogP contribution in [0.25, 0.3) is 5.65 Å². The summed E-state index contributed by atoms with van der Waals surface area (Å²) < 4.78 is 1.69. The molecule has 1 amide bonds. The Kier molecular flexibility index (Phi) is 3.97. The molecule has 0 spiro atoms. The van der Waals surface area contributed by atoms with E-state index in [0.29, 0.717) is 17.5 Å². The Morgan fingerprint density at radius 1 is 1.21 bits per heavy atom. The Morgan fingerprint density at radius 2 is 1.82 bits per heavy atom. The molecule has 2 heterocycles. The van der Waals surface area contributed by atoms with Gasteiger partial charge in [0.1, 0.15) is 0 Å². The van der Waals surface area contributed by atoms with Crippen LogP contribution in [0.5, 0.6) is 0 Å². The molecule has 4 saturated carbocycles. The molecule has 0 radical (unpaired) electrons. The van der Waals surface area contributed by atoms with E-state index in [1.54, 1.807) is 4.52 Å². The number of likely N-dealkylation sites (N-methyl/N-ethyl adjacent to an activating group) is 1. The van der Waals surface area contributed by atoms with Gasteiger partial charge in [0.2, 0.25) is 5.91 Å². The Morgan fingerprint density at radius 3 is 2.43 bits per heavy atom. The average molecular weight is 383 g/mol. The zero-order valence-corrected chi connectivity index (χ0v) is 17.1. The minimum absolute atomic E-state index is 0.151. The van der Waals surface area contributed by atoms with Crippen molar-refractivity contribution in [3.05, 3.63) is 33.4 Å². The maximum absolute atomic E-state index is 13.1. The lowest BCUT2D eigenvalue weighted by Crippen LogP contribution is -2.51. The van der Waals surface area contributed by atoms with Crippen molar-refractivity contribution in [3.63, 3.8) is 0 Å². The number of nitrogens with one attached hydrogen (secondary N) is 1. The predicted molar refractivity (Wildman–Crippen MR) is 107 cm³/mol. The molecule has 28 heavy (non-hydrogen) atoms. The van der Waals surface area contributed by atoms with Gasteiger partial charge in [-0.15, -0.1) is 0 Å². The quantitative estimate of drug-likeness (QED) is 0.884. The summed E-state index contributed by atoms with van der Waals surface area (Å²) in [6.45, 7) is 4.76. The average Bonchev–Trinajstić information content (AvgIpc) is 2.97. The molecule has 4 aliphatic carbocycles. The second-order valence-electron chi connectivity index (χ2n) is 9.92. The van der Waals surface area contributed by atoms with Crippen molar-refractivity contribution in [1.82, 2.24) is 19.5 Å². The summed E-state index contributed by atoms with van der Waals surface area (Å²) in [7, 11) is 1.97. The molecular formula is C22H30N4O2. The number of aromatic amines is 1. The number of hydrogen-bond donors (Lipinski definition) is 1. The Hall–Kier alpha value is -2.11. The van der Waals surface area contributed by atoms with Crippen LogP contribution in [0.3, 0.4) is 0 Å². The van der Waals surface area contributed by atoms with Gasteiger partial charge in [0, 0.05) is 36.6 Å². The van der Waals surface area contributed by atoms with Gasteiger partial charge in [-0.25, -0.2) is 9.50 Å². The van der Waals surface area contributed by atoms with E-state index < -0.39 is 0 Å². The summed E-state index contributed by atoms with van der Waals surface area (Å²) in [6.07, 6.45) is 8.55. The molecule has 1 N–H and O–H groups in total. The van der Waals surface area contributed by atoms with Gasteiger partial charge < -0.3 is 4.90 Å². The van der Waals surface area contributed by atoms with Gasteiger partial charge in [-0.2, -0.15) is 0 Å². The smallest absolute Gasteiger partial charge is 0.266 e. The number of carbonyl (C=O) groups is 1. The number of rotatable bonds is 4. The Bertz CT molecular complexity index is 967. The van der Waals surface area contributed by atoms with Gasteiger partial charge >= 0.3 is 0 Å². The molecule has 0 aliphatic heterocycles. The predicted octanol–water partition coefficient (Wildman–Crippen LogP) is 2.86. The summed E-state index contributed by atoms with van der Waals surface area (Å²) in [5.74, 6) is 2.85. The van der Waals surface area contributed by atoms with Crippen molar-refractivity contribution in [1.29, 1.82) is 0 Å². The zero-order valence-electron chi connectivity index (χ0n) is 17.1. The fraction of sp³-hybridized carbons (Fsp3) is 0.682. The van der Waals surface area contributed by atoms with Crippen LogP contribution in [0.1, 0.15) is 55.5 Å². The third-order valence-electron chi connectivity index (χ3n) is 7.69. The largest absolute Gasteiger partial charge is 0.345 e. The monoisotopic (exact) mass is 382 g/mol. The van der Waals surface area contributed by atoms with E-state index in [-0.39, 0.29) is 11.5 Å². The molecule has 6 heteroatoms. The highest BCUT2D eigenvalue weighted by molar-refractivity contribution is 5.79. The van der Waals surface area contributed by atoms with Gasteiger partial charge in [0.25, 0.3) is 5.56 Å². The van der Waals surface area contributed by atoms with Crippen LogP contribution in [0.15, 0.2) is 10.9 Å². The topological polar surface area (TPSA) is 70.5 Å². The molecule has 4 aliphatic rings. The standard InChI is InChI=1S/C22H30N4O2/c1-13-18(14(2)26-19(23-13)8-20(27)24-26)7-21(28)25(3)12-22-9-15-4-16(10-22)6-17(5-15)11-22/h8,15-17H,4-7,9-12H2,1-3H3,(H,24,27). The summed E-state index contributed by atoms with van der Waals surface area (Å²) in [5.41, 5.74) is 3.43. The van der Waals surface area contributed by atoms with E-state index in [9.17, 15) is 9.59 Å². The van der Waals surface area contributed by atoms with E-state index in [4.69, 9.17) is 0 Å². The highest BCUT2D eigenvalue weighted by atomic mass is 16.2. The van der Waals surface area contributed by atoms with Crippen molar-refractivity contribution in [3.8, 4) is 0 Å². The molecule has 0 atom stereocenters. The van der Waals surface area contributed by atoms with Crippen LogP contribution in [-0.4, -0.2) is 39.0 Å². The molecule has 150 valence electrons. The van der Waals surface area contributed by atoms with Gasteiger partial charge in [-0.1, -0.05) is 0 Å². The fourth-order valence-corrected chi connectivity index (χ4v) is 6.97. The normalized spacial score (nSPS) is 30.9. The van der Waals surface area contributed by atoms with Crippen LogP contribution in [-0.2, 0) is 11.2 Å². The van der Waals surface area contributed by atoms with Crippen molar-refractivity contribution in [2.75, 3.05) is 13.6 Å². The lowest BCUT2D eigenvalue weighted by Gasteiger charge is -2.57. The van der Waals surface area contributed by atoms with E-state index in [2.05, 4.69) is 10.1 Å². The van der Waals surface area contributed by atoms with E-state index in [0.717, 1.165) is 41.2 Å². The molecule has 6 nitrogen and oxygen atoms in total. The molecule has 4 fully saturated rings. The zero-order chi connectivity index (χ0) is 19.6. The van der Waals surface area contributed by atoms with Gasteiger partial charge in [0.05, 0.1) is 6.42 Å². The maximum atomic E-state index is 13.1. The van der Waals surface area contributed by atoms with Crippen molar-refractivity contribution >= 4 is 11.6 Å². The molecule has 6 rings (SSSR count). The van der Waals surface area contributed by atoms with Crippen LogP contribution in [0.4, 0.5) is 0 Å². The van der Waals surface area contributed by atoms with Crippen LogP contribution < -0.4 is 5.56 Å². The minimum Gasteiger partial charge on any atom is -0.345 e. The van der Waals surface area contributed by atoms with Gasteiger partial charge in [0.15, 0.2) is 5.65 Å². The van der Waals surface area contributed by atoms with E-state index >= 15 is 0 Å². The van der Waals surface area contributed by atoms with Gasteiger partial charge in [-0.05, 0) is 75.5 Å². The molecule has 0 aromatic carbocycles. The number of H-pyrrole nitrogens is 1. The molecule has 4 bridgehead atoms. The number of amides is 1. The number of nitrogens with zero attached hydrogens (tertiary/aromatic N) is 3. The van der Waals surface area contributed by atoms with E-state index in [1.165, 1.54) is 44.6 Å². The molecule has 2 aromatic rings. The lowest BCUT2D eigenvalue weighted by atomic mass is 9.49. The SMILES string of the molecule is Cc1nc2cc(=O)[nH]n2c(C)c1CC(=O)N(C)CC12CC3CC(CC(C3)C1)C2. The second kappa shape index (κ2) is 6.19. The first-order valence-corrected chi connectivity index (χ1v) is 10.6. The summed E-state index contributed by atoms with van der Waals surface area (Å²) in [4.78, 5) is 31.2. The third kappa shape index (κ3) is 2.88. The fourth-order valence-electron chi connectivity index (χ4n) is 6.97. The Labute approximate surface area is 165 Å². The minimum atomic E-state index is -0.169. The molecule has 0 saturated heterocycles. The first kappa shape index (κ1) is 18.0. The second-order valence-corrected chi connectivity index (χ2v) is 9.92. The molecule has 0 unspecified atom stereocenters.